The highest BCUT2D eigenvalue weighted by Gasteiger charge is 2.36. The Kier molecular flexibility index (Phi) is 15.9. The summed E-state index contributed by atoms with van der Waals surface area (Å²) in [5.74, 6) is -2.66. The molecule has 0 spiro atoms. The molecule has 274 valence electrons. The SMILES string of the molecule is CO[C@H]1/C=C\C=C(/C)C(=O)NC2=CC(=O)C(NCCN(C)C)=C(C[C@@H](C)C[C@H](OC)[C@H](NCC(F)(F)F)[C@@H](C)/C=C(\C)[C@@H]1OC(N)=O)C2=O. The van der Waals surface area contributed by atoms with E-state index in [0.29, 0.717) is 18.7 Å². The van der Waals surface area contributed by atoms with Crippen LogP contribution in [0.5, 0.6) is 0 Å². The molecule has 0 saturated heterocycles. The van der Waals surface area contributed by atoms with Gasteiger partial charge in [-0.3, -0.25) is 14.4 Å². The quantitative estimate of drug-likeness (QED) is 0.208. The second kappa shape index (κ2) is 18.8. The lowest BCUT2D eigenvalue weighted by Crippen LogP contribution is -2.49. The number of nitrogens with one attached hydrogen (secondary N) is 3. The third kappa shape index (κ3) is 12.9. The monoisotopic (exact) mass is 697 g/mol. The van der Waals surface area contributed by atoms with Crippen LogP contribution in [0.4, 0.5) is 18.0 Å². The van der Waals surface area contributed by atoms with E-state index in [4.69, 9.17) is 19.9 Å². The predicted octanol–water partition coefficient (Wildman–Crippen LogP) is 3.07. The van der Waals surface area contributed by atoms with Crippen molar-refractivity contribution in [1.29, 1.82) is 0 Å². The van der Waals surface area contributed by atoms with E-state index in [0.717, 1.165) is 6.08 Å². The molecule has 5 N–H and O–H groups in total. The molecule has 0 fully saturated rings. The van der Waals surface area contributed by atoms with Crippen LogP contribution < -0.4 is 21.7 Å². The largest absolute Gasteiger partial charge is 0.439 e. The lowest BCUT2D eigenvalue weighted by Gasteiger charge is -2.34. The van der Waals surface area contributed by atoms with Crippen molar-refractivity contribution in [3.63, 3.8) is 0 Å². The number of Topliss-reactive ketones (excluding diaryl/α,β-unsaturated/α-hetero) is 1. The zero-order chi connectivity index (χ0) is 37.1. The van der Waals surface area contributed by atoms with Crippen molar-refractivity contribution in [2.75, 3.05) is 47.9 Å². The van der Waals surface area contributed by atoms with Gasteiger partial charge in [-0.25, -0.2) is 4.79 Å². The van der Waals surface area contributed by atoms with Crippen molar-refractivity contribution < 1.29 is 46.6 Å². The van der Waals surface area contributed by atoms with E-state index in [-0.39, 0.29) is 41.3 Å². The molecule has 49 heavy (non-hydrogen) atoms. The van der Waals surface area contributed by atoms with Gasteiger partial charge in [0.2, 0.25) is 11.6 Å². The number of alkyl halides is 3. The van der Waals surface area contributed by atoms with Gasteiger partial charge in [-0.05, 0) is 58.2 Å². The van der Waals surface area contributed by atoms with Crippen molar-refractivity contribution in [3.8, 4) is 0 Å². The Hall–Kier alpha value is -3.79. The molecule has 2 rings (SSSR count). The number of hydrogen-bond donors (Lipinski definition) is 4. The Balaban J connectivity index is 2.72. The number of nitrogens with two attached hydrogens (primary N) is 1. The summed E-state index contributed by atoms with van der Waals surface area (Å²) < 4.78 is 57.2. The fourth-order valence-corrected chi connectivity index (χ4v) is 5.75. The van der Waals surface area contributed by atoms with E-state index in [1.54, 1.807) is 26.8 Å². The summed E-state index contributed by atoms with van der Waals surface area (Å²) in [5, 5.41) is 8.21. The lowest BCUT2D eigenvalue weighted by molar-refractivity contribution is -0.129. The summed E-state index contributed by atoms with van der Waals surface area (Å²) in [5.41, 5.74) is 6.06. The molecule has 2 amide bonds. The van der Waals surface area contributed by atoms with Gasteiger partial charge in [-0.1, -0.05) is 38.2 Å². The summed E-state index contributed by atoms with van der Waals surface area (Å²) in [6.07, 6.45) is -0.934. The van der Waals surface area contributed by atoms with Gasteiger partial charge in [0.25, 0.3) is 5.91 Å². The van der Waals surface area contributed by atoms with Crippen LogP contribution in [0.3, 0.4) is 0 Å². The number of primary amides is 1. The minimum absolute atomic E-state index is 0.0682. The van der Waals surface area contributed by atoms with Crippen LogP contribution in [-0.2, 0) is 28.6 Å². The van der Waals surface area contributed by atoms with Crippen molar-refractivity contribution in [2.24, 2.45) is 17.6 Å². The topological polar surface area (TPSA) is 161 Å². The van der Waals surface area contributed by atoms with E-state index in [1.165, 1.54) is 39.4 Å². The van der Waals surface area contributed by atoms with Crippen LogP contribution in [-0.4, -0.2) is 107 Å². The molecule has 0 aromatic rings. The van der Waals surface area contributed by atoms with Gasteiger partial charge in [-0.15, -0.1) is 0 Å². The van der Waals surface area contributed by atoms with E-state index < -0.39 is 66.6 Å². The van der Waals surface area contributed by atoms with Crippen molar-refractivity contribution in [1.82, 2.24) is 20.9 Å². The lowest BCUT2D eigenvalue weighted by atomic mass is 9.84. The molecule has 15 heteroatoms. The fraction of sp³-hybridized carbons (Fsp3) is 0.588. The molecule has 12 nitrogen and oxygen atoms in total. The molecule has 2 bridgehead atoms. The first kappa shape index (κ1) is 41.4. The molecule has 0 saturated carbocycles. The zero-order valence-corrected chi connectivity index (χ0v) is 29.4. The van der Waals surface area contributed by atoms with Crippen LogP contribution in [0.2, 0.25) is 0 Å². The van der Waals surface area contributed by atoms with Gasteiger partial charge in [-0.2, -0.15) is 13.2 Å². The number of amides is 2. The smallest absolute Gasteiger partial charge is 0.405 e. The zero-order valence-electron chi connectivity index (χ0n) is 29.4. The highest BCUT2D eigenvalue weighted by Crippen LogP contribution is 2.29. The van der Waals surface area contributed by atoms with Gasteiger partial charge in [0.1, 0.15) is 6.10 Å². The number of methoxy groups -OCH3 is 2. The first-order chi connectivity index (χ1) is 22.9. The fourth-order valence-electron chi connectivity index (χ4n) is 5.75. The maximum absolute atomic E-state index is 13.8. The Morgan fingerprint density at radius 1 is 1.12 bits per heavy atom. The number of likely N-dealkylation sites (N-methyl/N-ethyl adjacent to an activating group) is 1. The van der Waals surface area contributed by atoms with E-state index >= 15 is 0 Å². The van der Waals surface area contributed by atoms with Gasteiger partial charge in [0, 0.05) is 50.6 Å². The number of ether oxygens (including phenoxy) is 3. The van der Waals surface area contributed by atoms with E-state index in [2.05, 4.69) is 16.0 Å². The molecule has 0 aromatic carbocycles. The molecule has 1 aliphatic carbocycles. The normalized spacial score (nSPS) is 29.4. The third-order valence-corrected chi connectivity index (χ3v) is 8.24. The summed E-state index contributed by atoms with van der Waals surface area (Å²) in [6.45, 7) is 6.28. The molecular weight excluding hydrogens is 647 g/mol. The highest BCUT2D eigenvalue weighted by atomic mass is 19.4. The molecular formula is C34H50F3N5O7. The van der Waals surface area contributed by atoms with Crippen LogP contribution in [0.25, 0.3) is 0 Å². The van der Waals surface area contributed by atoms with Crippen molar-refractivity contribution in [2.45, 2.75) is 71.1 Å². The number of nitrogens with zero attached hydrogens (tertiary/aromatic N) is 1. The maximum atomic E-state index is 13.8. The Morgan fingerprint density at radius 2 is 1.80 bits per heavy atom. The number of ketones is 2. The predicted molar refractivity (Wildman–Crippen MR) is 178 cm³/mol. The van der Waals surface area contributed by atoms with Crippen LogP contribution in [0.1, 0.15) is 40.5 Å². The number of fused-ring (bicyclic) bond motifs is 2. The Bertz CT molecular complexity index is 1370. The molecule has 1 heterocycles. The molecule has 0 unspecified atom stereocenters. The number of hydrogen-bond acceptors (Lipinski definition) is 10. The molecule has 1 aliphatic heterocycles. The Labute approximate surface area is 286 Å². The number of carbonyl (C=O) groups excluding carboxylic acids is 4. The first-order valence-corrected chi connectivity index (χ1v) is 16.0. The summed E-state index contributed by atoms with van der Waals surface area (Å²) in [4.78, 5) is 54.1. The third-order valence-electron chi connectivity index (χ3n) is 8.24. The van der Waals surface area contributed by atoms with Crippen molar-refractivity contribution >= 4 is 23.6 Å². The van der Waals surface area contributed by atoms with Gasteiger partial charge in [0.15, 0.2) is 6.10 Å². The summed E-state index contributed by atoms with van der Waals surface area (Å²) >= 11 is 0. The van der Waals surface area contributed by atoms with Gasteiger partial charge in [0.05, 0.1) is 24.0 Å². The molecule has 6 atom stereocenters. The minimum Gasteiger partial charge on any atom is -0.439 e. The van der Waals surface area contributed by atoms with E-state index in [9.17, 15) is 32.3 Å². The number of carbonyl (C=O) groups is 4. The van der Waals surface area contributed by atoms with Crippen LogP contribution >= 0.6 is 0 Å². The summed E-state index contributed by atoms with van der Waals surface area (Å²) in [6, 6.07) is -0.896. The average molecular weight is 698 g/mol. The highest BCUT2D eigenvalue weighted by molar-refractivity contribution is 6.23. The Morgan fingerprint density at radius 3 is 2.37 bits per heavy atom. The van der Waals surface area contributed by atoms with Gasteiger partial charge >= 0.3 is 12.3 Å². The summed E-state index contributed by atoms with van der Waals surface area (Å²) in [7, 11) is 6.47. The van der Waals surface area contributed by atoms with Gasteiger partial charge < -0.3 is 40.8 Å². The second-order valence-electron chi connectivity index (χ2n) is 12.7. The van der Waals surface area contributed by atoms with E-state index in [1.807, 2.05) is 19.0 Å². The minimum atomic E-state index is -4.53. The molecule has 0 radical (unpaired) electrons. The average Bonchev–Trinajstić information content (AvgIpc) is 3.00. The second-order valence-corrected chi connectivity index (χ2v) is 12.7. The number of rotatable bonds is 9. The molecule has 0 aromatic heterocycles. The molecule has 2 aliphatic rings. The van der Waals surface area contributed by atoms with Crippen LogP contribution in [0, 0.1) is 11.8 Å². The van der Waals surface area contributed by atoms with Crippen molar-refractivity contribution in [3.05, 3.63) is 58.5 Å². The maximum Gasteiger partial charge on any atom is 0.405 e. The number of allylic oxidation sites excluding steroid dienone is 4. The first-order valence-electron chi connectivity index (χ1n) is 16.0. The standard InChI is InChI=1S/C34H50F3N5O7/c1-19-14-23-29(39-12-13-42(5)6)25(43)17-24(30(23)44)41-32(45)20(2)10-9-11-26(47-7)31(49-33(38)46)22(4)16-21(3)28(27(15-19)48-8)40-18-34(35,36)37/h9-11,16-17,19,21,26-28,31,39-40H,12-15,18H2,1-8H3,(H2,38,46)(H,41,45)/b11-9-,20-10+,22-16+/t19-,21+,26+,27+,28-,31+/m1/s1. The number of halogens is 3. The van der Waals surface area contributed by atoms with Crippen LogP contribution in [0.15, 0.2) is 58.5 Å².